The number of nitrogens with zero attached hydrogens (tertiary/aromatic N) is 3. The zero-order valence-electron chi connectivity index (χ0n) is 16.4. The Bertz CT molecular complexity index is 768. The van der Waals surface area contributed by atoms with E-state index in [1.165, 1.54) is 0 Å². The Kier molecular flexibility index (Phi) is 10.7. The third kappa shape index (κ3) is 8.07. The van der Waals surface area contributed by atoms with Crippen LogP contribution < -0.4 is 10.6 Å². The first-order valence-corrected chi connectivity index (χ1v) is 9.92. The first-order chi connectivity index (χ1) is 13.7. The van der Waals surface area contributed by atoms with Crippen molar-refractivity contribution < 1.29 is 14.0 Å². The molecular weight excluding hydrogens is 509 g/mol. The minimum atomic E-state index is 0. The predicted molar refractivity (Wildman–Crippen MR) is 123 cm³/mol. The second-order valence-corrected chi connectivity index (χ2v) is 6.79. The summed E-state index contributed by atoms with van der Waals surface area (Å²) in [4.78, 5) is 8.87. The van der Waals surface area contributed by atoms with Gasteiger partial charge in [-0.05, 0) is 31.9 Å². The minimum Gasteiger partial charge on any atom is -0.379 e. The number of ether oxygens (including phenoxy) is 2. The standard InChI is InChI=1S/C19H26ClN5O3.HI/c1-2-21-19(22-8-4-9-27-16-7-10-26-13-16)23-12-17-24-18(25-28-17)14-5-3-6-15(20)11-14;/h3,5-6,11,16H,2,4,7-10,12-13H2,1H3,(H2,21,22,23);1H. The fraction of sp³-hybridized carbons (Fsp3) is 0.526. The lowest BCUT2D eigenvalue weighted by molar-refractivity contribution is 0.0420. The molecule has 1 fully saturated rings. The van der Waals surface area contributed by atoms with Gasteiger partial charge in [0.05, 0.1) is 12.7 Å². The second kappa shape index (κ2) is 13.0. The number of nitrogens with one attached hydrogen (secondary N) is 2. The molecule has 3 rings (SSSR count). The maximum atomic E-state index is 6.01. The lowest BCUT2D eigenvalue weighted by atomic mass is 10.2. The van der Waals surface area contributed by atoms with Gasteiger partial charge in [0.15, 0.2) is 5.96 Å². The molecule has 1 saturated heterocycles. The van der Waals surface area contributed by atoms with Gasteiger partial charge in [0.25, 0.3) is 0 Å². The molecule has 0 radical (unpaired) electrons. The van der Waals surface area contributed by atoms with Crippen LogP contribution in [-0.4, -0.2) is 55.1 Å². The average Bonchev–Trinajstić information content (AvgIpc) is 3.38. The van der Waals surface area contributed by atoms with E-state index in [-0.39, 0.29) is 30.1 Å². The minimum absolute atomic E-state index is 0. The SMILES string of the molecule is CCNC(=NCc1nc(-c2cccc(Cl)c2)no1)NCCCOC1CCOC1.I. The summed E-state index contributed by atoms with van der Waals surface area (Å²) in [7, 11) is 0. The Morgan fingerprint density at radius 3 is 3.03 bits per heavy atom. The number of guanidine groups is 1. The van der Waals surface area contributed by atoms with E-state index in [9.17, 15) is 0 Å². The van der Waals surface area contributed by atoms with Crippen LogP contribution in [0, 0.1) is 0 Å². The molecule has 29 heavy (non-hydrogen) atoms. The zero-order chi connectivity index (χ0) is 19.6. The maximum absolute atomic E-state index is 6.01. The summed E-state index contributed by atoms with van der Waals surface area (Å²) >= 11 is 6.01. The van der Waals surface area contributed by atoms with Gasteiger partial charge in [-0.2, -0.15) is 4.98 Å². The number of rotatable bonds is 9. The van der Waals surface area contributed by atoms with Crippen LogP contribution in [0.1, 0.15) is 25.7 Å². The van der Waals surface area contributed by atoms with E-state index in [1.807, 2.05) is 19.1 Å². The Morgan fingerprint density at radius 1 is 1.38 bits per heavy atom. The molecule has 0 aliphatic carbocycles. The molecule has 2 aromatic rings. The van der Waals surface area contributed by atoms with Crippen LogP contribution >= 0.6 is 35.6 Å². The van der Waals surface area contributed by atoms with Crippen molar-refractivity contribution in [1.82, 2.24) is 20.8 Å². The summed E-state index contributed by atoms with van der Waals surface area (Å²) in [6, 6.07) is 7.33. The van der Waals surface area contributed by atoms with Crippen LogP contribution in [0.15, 0.2) is 33.8 Å². The summed E-state index contributed by atoms with van der Waals surface area (Å²) < 4.78 is 16.3. The highest BCUT2D eigenvalue weighted by Crippen LogP contribution is 2.20. The van der Waals surface area contributed by atoms with Gasteiger partial charge in [-0.1, -0.05) is 28.9 Å². The molecule has 0 amide bonds. The number of halogens is 2. The molecule has 1 unspecified atom stereocenters. The number of hydrogen-bond acceptors (Lipinski definition) is 6. The molecule has 1 aromatic heterocycles. The van der Waals surface area contributed by atoms with Crippen molar-refractivity contribution in [2.24, 2.45) is 4.99 Å². The predicted octanol–water partition coefficient (Wildman–Crippen LogP) is 3.26. The average molecular weight is 536 g/mol. The van der Waals surface area contributed by atoms with Gasteiger partial charge in [0, 0.05) is 36.9 Å². The van der Waals surface area contributed by atoms with Gasteiger partial charge in [-0.15, -0.1) is 24.0 Å². The molecule has 1 aliphatic heterocycles. The highest BCUT2D eigenvalue weighted by atomic mass is 127. The van der Waals surface area contributed by atoms with Crippen LogP contribution in [0.25, 0.3) is 11.4 Å². The molecule has 2 N–H and O–H groups in total. The molecule has 8 nitrogen and oxygen atoms in total. The lowest BCUT2D eigenvalue weighted by Crippen LogP contribution is -2.38. The van der Waals surface area contributed by atoms with Crippen molar-refractivity contribution >= 4 is 41.5 Å². The Hall–Kier alpha value is -1.43. The molecule has 0 saturated carbocycles. The van der Waals surface area contributed by atoms with E-state index in [4.69, 9.17) is 25.6 Å². The van der Waals surface area contributed by atoms with Crippen molar-refractivity contribution in [3.8, 4) is 11.4 Å². The van der Waals surface area contributed by atoms with Crippen LogP contribution in [0.4, 0.5) is 0 Å². The summed E-state index contributed by atoms with van der Waals surface area (Å²) in [5.74, 6) is 1.64. The molecule has 1 aromatic carbocycles. The molecular formula is C19H27ClIN5O3. The van der Waals surface area contributed by atoms with E-state index in [0.717, 1.165) is 38.1 Å². The molecule has 0 bridgehead atoms. The summed E-state index contributed by atoms with van der Waals surface area (Å²) in [6.45, 7) is 6.04. The smallest absolute Gasteiger partial charge is 0.248 e. The van der Waals surface area contributed by atoms with E-state index in [0.29, 0.717) is 42.5 Å². The van der Waals surface area contributed by atoms with Crippen LogP contribution in [-0.2, 0) is 16.0 Å². The summed E-state index contributed by atoms with van der Waals surface area (Å²) in [5.41, 5.74) is 0.809. The Morgan fingerprint density at radius 2 is 2.28 bits per heavy atom. The van der Waals surface area contributed by atoms with E-state index >= 15 is 0 Å². The Labute approximate surface area is 192 Å². The fourth-order valence-corrected chi connectivity index (χ4v) is 2.92. The van der Waals surface area contributed by atoms with E-state index < -0.39 is 0 Å². The highest BCUT2D eigenvalue weighted by molar-refractivity contribution is 14.0. The highest BCUT2D eigenvalue weighted by Gasteiger charge is 2.15. The Balaban J connectivity index is 0.00000300. The van der Waals surface area contributed by atoms with Crippen molar-refractivity contribution in [3.05, 3.63) is 35.2 Å². The molecule has 0 spiro atoms. The zero-order valence-corrected chi connectivity index (χ0v) is 19.5. The lowest BCUT2D eigenvalue weighted by Gasteiger charge is -2.12. The first kappa shape index (κ1) is 23.8. The third-order valence-electron chi connectivity index (χ3n) is 4.12. The topological polar surface area (TPSA) is 93.8 Å². The van der Waals surface area contributed by atoms with Gasteiger partial charge < -0.3 is 24.6 Å². The summed E-state index contributed by atoms with van der Waals surface area (Å²) in [6.07, 6.45) is 2.12. The van der Waals surface area contributed by atoms with Crippen LogP contribution in [0.5, 0.6) is 0 Å². The normalized spacial score (nSPS) is 16.5. The quantitative estimate of drug-likeness (QED) is 0.220. The van der Waals surface area contributed by atoms with Crippen molar-refractivity contribution in [2.45, 2.75) is 32.4 Å². The second-order valence-electron chi connectivity index (χ2n) is 6.35. The van der Waals surface area contributed by atoms with Gasteiger partial charge in [0.2, 0.25) is 11.7 Å². The molecule has 1 atom stereocenters. The van der Waals surface area contributed by atoms with Gasteiger partial charge in [-0.3, -0.25) is 0 Å². The van der Waals surface area contributed by atoms with Crippen LogP contribution in [0.3, 0.4) is 0 Å². The number of aliphatic imine (C=N–C) groups is 1. The van der Waals surface area contributed by atoms with Gasteiger partial charge in [-0.25, -0.2) is 4.99 Å². The number of aromatic nitrogens is 2. The fourth-order valence-electron chi connectivity index (χ4n) is 2.73. The van der Waals surface area contributed by atoms with Gasteiger partial charge >= 0.3 is 0 Å². The third-order valence-corrected chi connectivity index (χ3v) is 4.36. The van der Waals surface area contributed by atoms with Crippen LogP contribution in [0.2, 0.25) is 5.02 Å². The first-order valence-electron chi connectivity index (χ1n) is 9.54. The van der Waals surface area contributed by atoms with Crippen molar-refractivity contribution in [3.63, 3.8) is 0 Å². The number of benzene rings is 1. The summed E-state index contributed by atoms with van der Waals surface area (Å²) in [5, 5.41) is 11.1. The monoisotopic (exact) mass is 535 g/mol. The van der Waals surface area contributed by atoms with Gasteiger partial charge in [0.1, 0.15) is 6.54 Å². The largest absolute Gasteiger partial charge is 0.379 e. The number of hydrogen-bond donors (Lipinski definition) is 2. The molecule has 1 aliphatic rings. The van der Waals surface area contributed by atoms with E-state index in [1.54, 1.807) is 12.1 Å². The van der Waals surface area contributed by atoms with E-state index in [2.05, 4.69) is 25.8 Å². The van der Waals surface area contributed by atoms with Crippen molar-refractivity contribution in [2.75, 3.05) is 32.9 Å². The molecule has 10 heteroatoms. The molecule has 160 valence electrons. The maximum Gasteiger partial charge on any atom is 0.248 e. The van der Waals surface area contributed by atoms with Crippen molar-refractivity contribution in [1.29, 1.82) is 0 Å². The molecule has 2 heterocycles.